The van der Waals surface area contributed by atoms with Crippen LogP contribution in [-0.4, -0.2) is 161 Å². The van der Waals surface area contributed by atoms with Gasteiger partial charge in [-0.25, -0.2) is 0 Å². The average Bonchev–Trinajstić information content (AvgIpc) is 3.56. The van der Waals surface area contributed by atoms with Gasteiger partial charge in [-0.05, 0) is 153 Å². The van der Waals surface area contributed by atoms with E-state index in [4.69, 9.17) is 37.9 Å². The molecule has 0 aromatic heterocycles. The Morgan fingerprint density at radius 3 is 1.31 bits per heavy atom. The lowest BCUT2D eigenvalue weighted by molar-refractivity contribution is -0.127. The second kappa shape index (κ2) is 50.1. The van der Waals surface area contributed by atoms with Gasteiger partial charge in [-0.1, -0.05) is 96.2 Å². The van der Waals surface area contributed by atoms with Crippen molar-refractivity contribution in [2.45, 2.75) is 138 Å². The quantitative estimate of drug-likeness (QED) is 0.0254. The largest absolute Gasteiger partial charge is 0.379 e. The summed E-state index contributed by atoms with van der Waals surface area (Å²) >= 11 is 0. The third-order valence-electron chi connectivity index (χ3n) is 13.6. The fourth-order valence-electron chi connectivity index (χ4n) is 8.67. The number of nitrogens with one attached hydrogen (secondary N) is 4. The lowest BCUT2D eigenvalue weighted by atomic mass is 9.88. The Kier molecular flexibility index (Phi) is 44.4. The van der Waals surface area contributed by atoms with Gasteiger partial charge in [-0.15, -0.1) is 0 Å². The number of carbonyl (C=O) groups excluding carboxylic acids is 5. The molecule has 0 radical (unpaired) electrons. The first-order valence-electron chi connectivity index (χ1n) is 31.0. The minimum Gasteiger partial charge on any atom is -0.379 e. The van der Waals surface area contributed by atoms with Gasteiger partial charge >= 0.3 is 0 Å². The average molecular weight is 1200 g/mol. The maximum absolute atomic E-state index is 13.5. The Labute approximate surface area is 515 Å². The Balaban J connectivity index is 1.65. The summed E-state index contributed by atoms with van der Waals surface area (Å²) in [7, 11) is 0. The highest BCUT2D eigenvalue weighted by atomic mass is 16.6. The molecule has 0 aromatic carbocycles. The number of ketones is 1. The first kappa shape index (κ1) is 76.2. The number of allylic oxidation sites excluding steroid dienone is 20. The molecule has 4 amide bonds. The zero-order valence-corrected chi connectivity index (χ0v) is 53.4. The normalized spacial score (nSPS) is 15.3. The van der Waals surface area contributed by atoms with Crippen molar-refractivity contribution in [3.8, 4) is 0 Å². The molecule has 2 rings (SSSR count). The minimum atomic E-state index is -0.773. The van der Waals surface area contributed by atoms with E-state index >= 15 is 0 Å². The van der Waals surface area contributed by atoms with E-state index in [1.165, 1.54) is 46.4 Å². The molecule has 86 heavy (non-hydrogen) atoms. The summed E-state index contributed by atoms with van der Waals surface area (Å²) in [5, 5.41) is 11.7. The molecule has 0 aliphatic heterocycles. The van der Waals surface area contributed by atoms with Crippen molar-refractivity contribution in [2.75, 3.05) is 125 Å². The van der Waals surface area contributed by atoms with Gasteiger partial charge in [0.2, 0.25) is 23.6 Å². The van der Waals surface area contributed by atoms with Gasteiger partial charge in [0.25, 0.3) is 0 Å². The first-order valence-corrected chi connectivity index (χ1v) is 31.0. The van der Waals surface area contributed by atoms with Gasteiger partial charge < -0.3 is 59.2 Å². The van der Waals surface area contributed by atoms with Crippen molar-refractivity contribution in [3.05, 3.63) is 142 Å². The SMILES string of the molecule is C=C1CCCC(C)=C1/C=C/C(C)=C/C=C/C(C)=C/C(=O)NCCCC[C@H](NC(=O)/C=C(C)/C=C/C=C(C)/C=C/C1=C(C)CCCC1=C)C(=O)NCCCOCCOCCOCCCNC(=O)CCOCCOCCOCCOCCOCCC(C)=O. The predicted octanol–water partition coefficient (Wildman–Crippen LogP) is 10.4. The van der Waals surface area contributed by atoms with E-state index in [-0.39, 0.29) is 35.8 Å². The molecule has 0 spiro atoms. The molecule has 0 saturated heterocycles. The molecule has 1 atom stereocenters. The van der Waals surface area contributed by atoms with Crippen LogP contribution in [0, 0.1) is 0 Å². The second-order valence-corrected chi connectivity index (χ2v) is 21.6. The molecule has 0 bridgehead atoms. The van der Waals surface area contributed by atoms with Crippen LogP contribution in [0.25, 0.3) is 0 Å². The van der Waals surface area contributed by atoms with E-state index in [1.54, 1.807) is 6.08 Å². The van der Waals surface area contributed by atoms with E-state index in [0.29, 0.717) is 164 Å². The molecular formula is C69H106N4O13. The molecule has 0 fully saturated rings. The van der Waals surface area contributed by atoms with E-state index in [2.05, 4.69) is 72.6 Å². The molecule has 17 nitrogen and oxygen atoms in total. The van der Waals surface area contributed by atoms with Gasteiger partial charge in [-0.2, -0.15) is 0 Å². The van der Waals surface area contributed by atoms with Crippen LogP contribution in [0.3, 0.4) is 0 Å². The highest BCUT2D eigenvalue weighted by Gasteiger charge is 2.20. The molecule has 0 saturated carbocycles. The summed E-state index contributed by atoms with van der Waals surface area (Å²) in [6, 6.07) is -0.773. The lowest BCUT2D eigenvalue weighted by Crippen LogP contribution is -2.46. The summed E-state index contributed by atoms with van der Waals surface area (Å²) in [4.78, 5) is 62.5. The lowest BCUT2D eigenvalue weighted by Gasteiger charge is -2.18. The molecule has 0 unspecified atom stereocenters. The van der Waals surface area contributed by atoms with Crippen molar-refractivity contribution < 1.29 is 61.9 Å². The summed E-state index contributed by atoms with van der Waals surface area (Å²) < 4.78 is 44.1. The van der Waals surface area contributed by atoms with Gasteiger partial charge in [-0.3, -0.25) is 24.0 Å². The van der Waals surface area contributed by atoms with Crippen molar-refractivity contribution in [1.29, 1.82) is 0 Å². The number of amides is 4. The fourth-order valence-corrected chi connectivity index (χ4v) is 8.67. The summed E-state index contributed by atoms with van der Waals surface area (Å²) in [5.74, 6) is -0.828. The van der Waals surface area contributed by atoms with Gasteiger partial charge in [0, 0.05) is 57.8 Å². The molecule has 2 aliphatic rings. The van der Waals surface area contributed by atoms with Gasteiger partial charge in [0.05, 0.1) is 92.5 Å². The molecule has 0 heterocycles. The summed E-state index contributed by atoms with van der Waals surface area (Å²) in [6.07, 6.45) is 33.3. The number of Topliss-reactive ketones (excluding diaryl/α,β-unsaturated/α-hetero) is 1. The smallest absolute Gasteiger partial charge is 0.244 e. The number of rotatable bonds is 49. The van der Waals surface area contributed by atoms with Crippen LogP contribution in [-0.2, 0) is 61.9 Å². The molecule has 4 N–H and O–H groups in total. The summed E-state index contributed by atoms with van der Waals surface area (Å²) in [5.41, 5.74) is 11.3. The molecule has 480 valence electrons. The van der Waals surface area contributed by atoms with Gasteiger partial charge in [0.15, 0.2) is 0 Å². The van der Waals surface area contributed by atoms with Crippen molar-refractivity contribution >= 4 is 29.4 Å². The van der Waals surface area contributed by atoms with Crippen LogP contribution >= 0.6 is 0 Å². The maximum atomic E-state index is 13.5. The molecule has 0 aromatic rings. The standard InChI is InChI=1S/C69H106N4O13/c1-54(27-29-63-58(5)22-14-23-59(63)6)18-12-20-56(3)52-67(76)71-33-11-10-26-65(73-68(77)53-57(4)21-13-19-55(2)28-30-64-60(7)24-15-25-61(64)8)69(78)72-35-17-37-80-41-45-83-44-40-79-36-16-34-70-66(75)32-39-82-43-47-85-49-51-86-50-48-84-46-42-81-38-31-62(9)74/h12-13,18-21,27-30,52-53,65H,5,7,10-11,14-17,22-26,31-51H2,1-4,6,8-9H3,(H,70,75)(H,71,76)(H,72,78)(H,73,77)/b20-12+,21-13+,29-27+,30-28+,54-18+,55-19+,56-52+,57-53+/t65-/m0/s1. The van der Waals surface area contributed by atoms with E-state index in [1.807, 2.05) is 64.2 Å². The minimum absolute atomic E-state index is 0.0867. The zero-order chi connectivity index (χ0) is 62.8. The van der Waals surface area contributed by atoms with Crippen LogP contribution in [0.2, 0.25) is 0 Å². The second-order valence-electron chi connectivity index (χ2n) is 21.6. The Morgan fingerprint density at radius 1 is 0.453 bits per heavy atom. The maximum Gasteiger partial charge on any atom is 0.244 e. The third-order valence-corrected chi connectivity index (χ3v) is 13.6. The van der Waals surface area contributed by atoms with Crippen LogP contribution < -0.4 is 21.3 Å². The van der Waals surface area contributed by atoms with Crippen molar-refractivity contribution in [1.82, 2.24) is 21.3 Å². The Morgan fingerprint density at radius 2 is 0.860 bits per heavy atom. The predicted molar refractivity (Wildman–Crippen MR) is 343 cm³/mol. The zero-order valence-electron chi connectivity index (χ0n) is 53.4. The van der Waals surface area contributed by atoms with E-state index in [9.17, 15) is 24.0 Å². The highest BCUT2D eigenvalue weighted by Crippen LogP contribution is 2.30. The van der Waals surface area contributed by atoms with Crippen LogP contribution in [0.1, 0.15) is 132 Å². The topological polar surface area (TPSA) is 207 Å². The molecular weight excluding hydrogens is 1090 g/mol. The van der Waals surface area contributed by atoms with E-state index < -0.39 is 6.04 Å². The highest BCUT2D eigenvalue weighted by molar-refractivity contribution is 5.93. The molecule has 17 heteroatoms. The van der Waals surface area contributed by atoms with Crippen molar-refractivity contribution in [2.24, 2.45) is 0 Å². The monoisotopic (exact) mass is 1200 g/mol. The number of hydrogen-bond acceptors (Lipinski definition) is 13. The van der Waals surface area contributed by atoms with Crippen LogP contribution in [0.5, 0.6) is 0 Å². The van der Waals surface area contributed by atoms with Crippen molar-refractivity contribution in [3.63, 3.8) is 0 Å². The van der Waals surface area contributed by atoms with Gasteiger partial charge in [0.1, 0.15) is 11.8 Å². The van der Waals surface area contributed by atoms with Crippen LogP contribution in [0.4, 0.5) is 0 Å². The number of unbranched alkanes of at least 4 members (excludes halogenated alkanes) is 1. The Hall–Kier alpha value is -5.89. The number of hydrogen-bond donors (Lipinski definition) is 4. The number of ether oxygens (including phenoxy) is 8. The summed E-state index contributed by atoms with van der Waals surface area (Å²) in [6.45, 7) is 30.2. The number of carbonyl (C=O) groups is 5. The third kappa shape index (κ3) is 41.2. The Bertz CT molecular complexity index is 2390. The first-order chi connectivity index (χ1) is 41.5. The van der Waals surface area contributed by atoms with Crippen LogP contribution in [0.15, 0.2) is 142 Å². The fraction of sp³-hybridized carbons (Fsp3) is 0.580. The molecule has 2 aliphatic carbocycles. The van der Waals surface area contributed by atoms with E-state index in [0.717, 1.165) is 60.8 Å².